The van der Waals surface area contributed by atoms with Crippen molar-refractivity contribution >= 4 is 0 Å². The predicted octanol–water partition coefficient (Wildman–Crippen LogP) is 6.50. The first-order chi connectivity index (χ1) is 16.4. The highest BCUT2D eigenvalue weighted by atomic mass is 16.7. The van der Waals surface area contributed by atoms with Crippen molar-refractivity contribution in [1.29, 1.82) is 0 Å². The maximum atomic E-state index is 6.93. The van der Waals surface area contributed by atoms with E-state index in [1.807, 2.05) is 48.5 Å². The summed E-state index contributed by atoms with van der Waals surface area (Å²) in [6.07, 6.45) is 0.352. The number of hydrogen-bond acceptors (Lipinski definition) is 3. The van der Waals surface area contributed by atoms with Crippen molar-refractivity contribution in [3.05, 3.63) is 144 Å². The van der Waals surface area contributed by atoms with Gasteiger partial charge in [0.1, 0.15) is 5.60 Å². The first-order valence-corrected chi connectivity index (χ1v) is 11.5. The molecule has 1 saturated heterocycles. The van der Waals surface area contributed by atoms with Crippen LogP contribution in [0.1, 0.15) is 35.0 Å². The smallest absolute Gasteiger partial charge is 0.184 e. The van der Waals surface area contributed by atoms with Gasteiger partial charge in [-0.15, -0.1) is 0 Å². The summed E-state index contributed by atoms with van der Waals surface area (Å²) in [5, 5.41) is 0. The molecule has 0 saturated carbocycles. The summed E-state index contributed by atoms with van der Waals surface area (Å²) >= 11 is 0. The first kappa shape index (κ1) is 21.6. The summed E-state index contributed by atoms with van der Waals surface area (Å²) in [5.74, 6) is 0. The van der Waals surface area contributed by atoms with Crippen LogP contribution >= 0.6 is 0 Å². The van der Waals surface area contributed by atoms with Gasteiger partial charge in [-0.3, -0.25) is 0 Å². The Kier molecular flexibility index (Phi) is 6.63. The van der Waals surface area contributed by atoms with Crippen LogP contribution in [0.2, 0.25) is 0 Å². The molecule has 0 radical (unpaired) electrons. The molecular formula is C30H28O3. The fourth-order valence-electron chi connectivity index (χ4n) is 4.48. The van der Waals surface area contributed by atoms with Gasteiger partial charge in [-0.2, -0.15) is 0 Å². The van der Waals surface area contributed by atoms with Crippen molar-refractivity contribution in [2.45, 2.75) is 24.4 Å². The summed E-state index contributed by atoms with van der Waals surface area (Å²) in [4.78, 5) is 0. The zero-order valence-corrected chi connectivity index (χ0v) is 18.5. The highest BCUT2D eigenvalue weighted by molar-refractivity contribution is 5.47. The molecule has 0 aliphatic carbocycles. The van der Waals surface area contributed by atoms with E-state index in [9.17, 15) is 0 Å². The van der Waals surface area contributed by atoms with Crippen LogP contribution in [0.3, 0.4) is 0 Å². The third kappa shape index (κ3) is 4.62. The van der Waals surface area contributed by atoms with Crippen molar-refractivity contribution in [3.8, 4) is 0 Å². The van der Waals surface area contributed by atoms with E-state index < -0.39 is 5.60 Å². The minimum Gasteiger partial charge on any atom is -0.358 e. The van der Waals surface area contributed by atoms with Crippen LogP contribution in [0.25, 0.3) is 0 Å². The second-order valence-corrected chi connectivity index (χ2v) is 8.25. The van der Waals surface area contributed by atoms with E-state index in [0.29, 0.717) is 13.2 Å². The Bertz CT molecular complexity index is 1020. The molecule has 2 atom stereocenters. The van der Waals surface area contributed by atoms with Gasteiger partial charge in [-0.25, -0.2) is 0 Å². The van der Waals surface area contributed by atoms with Gasteiger partial charge in [0.15, 0.2) is 6.29 Å². The Balaban J connectivity index is 1.49. The standard InChI is InChI=1S/C30H28O3/c1-5-13-24(14-6-1)29-31-22-21-28(33-29)23-32-30(25-15-7-2-8-16-25,26-17-9-3-10-18-26)27-19-11-4-12-20-27/h1-20,28-29H,21-23H2/t28-,29?/m0/s1. The quantitative estimate of drug-likeness (QED) is 0.310. The lowest BCUT2D eigenvalue weighted by Gasteiger charge is -2.38. The highest BCUT2D eigenvalue weighted by Gasteiger charge is 2.39. The lowest BCUT2D eigenvalue weighted by Crippen LogP contribution is -2.38. The first-order valence-electron chi connectivity index (χ1n) is 11.5. The topological polar surface area (TPSA) is 27.7 Å². The zero-order chi connectivity index (χ0) is 22.3. The van der Waals surface area contributed by atoms with Crippen molar-refractivity contribution in [1.82, 2.24) is 0 Å². The Hall–Kier alpha value is -3.24. The molecule has 1 aliphatic rings. The summed E-state index contributed by atoms with van der Waals surface area (Å²) in [6, 6.07) is 41.4. The molecule has 3 heteroatoms. The van der Waals surface area contributed by atoms with Crippen molar-refractivity contribution in [2.75, 3.05) is 13.2 Å². The number of benzene rings is 4. The Morgan fingerprint density at radius 2 is 1.09 bits per heavy atom. The summed E-state index contributed by atoms with van der Waals surface area (Å²) < 4.78 is 19.2. The molecule has 0 bridgehead atoms. The average Bonchev–Trinajstić information content (AvgIpc) is 2.92. The molecule has 4 aromatic carbocycles. The van der Waals surface area contributed by atoms with Crippen LogP contribution < -0.4 is 0 Å². The van der Waals surface area contributed by atoms with E-state index in [1.54, 1.807) is 0 Å². The monoisotopic (exact) mass is 436 g/mol. The van der Waals surface area contributed by atoms with Gasteiger partial charge >= 0.3 is 0 Å². The van der Waals surface area contributed by atoms with Crippen LogP contribution in [-0.2, 0) is 19.8 Å². The van der Waals surface area contributed by atoms with Crippen molar-refractivity contribution < 1.29 is 14.2 Å². The number of ether oxygens (including phenoxy) is 3. The maximum absolute atomic E-state index is 6.93. The zero-order valence-electron chi connectivity index (χ0n) is 18.5. The molecule has 166 valence electrons. The molecule has 0 N–H and O–H groups in total. The second kappa shape index (κ2) is 10.1. The van der Waals surface area contributed by atoms with E-state index in [-0.39, 0.29) is 12.4 Å². The minimum atomic E-state index is -0.742. The van der Waals surface area contributed by atoms with Crippen LogP contribution in [0, 0.1) is 0 Å². The average molecular weight is 437 g/mol. The fraction of sp³-hybridized carbons (Fsp3) is 0.200. The van der Waals surface area contributed by atoms with E-state index in [2.05, 4.69) is 72.8 Å². The molecule has 4 aromatic rings. The van der Waals surface area contributed by atoms with Crippen LogP contribution in [-0.4, -0.2) is 19.3 Å². The molecule has 3 nitrogen and oxygen atoms in total. The van der Waals surface area contributed by atoms with Gasteiger partial charge in [0, 0.05) is 5.56 Å². The minimum absolute atomic E-state index is 0.0699. The number of hydrogen-bond donors (Lipinski definition) is 0. The van der Waals surface area contributed by atoms with E-state index >= 15 is 0 Å². The van der Waals surface area contributed by atoms with E-state index in [1.165, 1.54) is 0 Å². The van der Waals surface area contributed by atoms with Gasteiger partial charge < -0.3 is 14.2 Å². The van der Waals surface area contributed by atoms with Crippen molar-refractivity contribution in [3.63, 3.8) is 0 Å². The molecule has 0 spiro atoms. The molecule has 33 heavy (non-hydrogen) atoms. The van der Waals surface area contributed by atoms with Crippen LogP contribution in [0.4, 0.5) is 0 Å². The van der Waals surface area contributed by atoms with Crippen LogP contribution in [0.5, 0.6) is 0 Å². The molecule has 1 fully saturated rings. The lowest BCUT2D eigenvalue weighted by molar-refractivity contribution is -0.232. The molecule has 1 aliphatic heterocycles. The van der Waals surface area contributed by atoms with Crippen LogP contribution in [0.15, 0.2) is 121 Å². The van der Waals surface area contributed by atoms with Crippen molar-refractivity contribution in [2.24, 2.45) is 0 Å². The third-order valence-electron chi connectivity index (χ3n) is 6.12. The molecule has 0 amide bonds. The second-order valence-electron chi connectivity index (χ2n) is 8.25. The highest BCUT2D eigenvalue weighted by Crippen LogP contribution is 2.41. The molecular weight excluding hydrogens is 408 g/mol. The fourth-order valence-corrected chi connectivity index (χ4v) is 4.48. The van der Waals surface area contributed by atoms with Gasteiger partial charge in [0.25, 0.3) is 0 Å². The van der Waals surface area contributed by atoms with Gasteiger partial charge in [0.2, 0.25) is 0 Å². The maximum Gasteiger partial charge on any atom is 0.184 e. The molecule has 1 heterocycles. The Morgan fingerprint density at radius 3 is 1.58 bits per heavy atom. The Morgan fingerprint density at radius 1 is 0.636 bits per heavy atom. The molecule has 5 rings (SSSR count). The number of rotatable bonds is 7. The SMILES string of the molecule is c1ccc(C2OCC[C@@H](COC(c3ccccc3)(c3ccccc3)c3ccccc3)O2)cc1. The lowest BCUT2D eigenvalue weighted by atomic mass is 9.80. The summed E-state index contributed by atoms with van der Waals surface area (Å²) in [7, 11) is 0. The van der Waals surface area contributed by atoms with Gasteiger partial charge in [-0.05, 0) is 23.1 Å². The molecule has 0 aromatic heterocycles. The van der Waals surface area contributed by atoms with Gasteiger partial charge in [-0.1, -0.05) is 121 Å². The predicted molar refractivity (Wildman–Crippen MR) is 130 cm³/mol. The molecule has 1 unspecified atom stereocenters. The Labute approximate surface area is 195 Å². The van der Waals surface area contributed by atoms with E-state index in [0.717, 1.165) is 28.7 Å². The summed E-state index contributed by atoms with van der Waals surface area (Å²) in [6.45, 7) is 1.09. The summed E-state index contributed by atoms with van der Waals surface area (Å²) in [5.41, 5.74) is 3.56. The van der Waals surface area contributed by atoms with E-state index in [4.69, 9.17) is 14.2 Å². The normalized spacial score (nSPS) is 18.7. The van der Waals surface area contributed by atoms with Gasteiger partial charge in [0.05, 0.1) is 19.3 Å². The third-order valence-corrected chi connectivity index (χ3v) is 6.12. The largest absolute Gasteiger partial charge is 0.358 e.